The van der Waals surface area contributed by atoms with Crippen molar-refractivity contribution in [1.29, 1.82) is 0 Å². The van der Waals surface area contributed by atoms with Gasteiger partial charge in [-0.1, -0.05) is 24.3 Å². The van der Waals surface area contributed by atoms with Gasteiger partial charge in [0, 0.05) is 61.3 Å². The van der Waals surface area contributed by atoms with Crippen LogP contribution in [0.25, 0.3) is 15.6 Å². The minimum Gasteiger partial charge on any atom is -0.508 e. The first-order valence-electron chi connectivity index (χ1n) is 15.8. The van der Waals surface area contributed by atoms with Crippen LogP contribution in [-0.2, 0) is 17.7 Å². The van der Waals surface area contributed by atoms with E-state index in [0.29, 0.717) is 51.1 Å². The normalized spacial score (nSPS) is 20.6. The Balaban J connectivity index is 1.31. The Morgan fingerprint density at radius 3 is 2.67 bits per heavy atom. The van der Waals surface area contributed by atoms with Gasteiger partial charge in [-0.25, -0.2) is 11.4 Å². The van der Waals surface area contributed by atoms with Gasteiger partial charge in [-0.2, -0.15) is 9.97 Å². The third-order valence-corrected chi connectivity index (χ3v) is 8.84. The van der Waals surface area contributed by atoms with E-state index in [2.05, 4.69) is 32.7 Å². The molecule has 11 nitrogen and oxygen atoms in total. The lowest BCUT2D eigenvalue weighted by Crippen LogP contribution is -2.57. The molecule has 2 fully saturated rings. The van der Waals surface area contributed by atoms with Crippen LogP contribution in [0.3, 0.4) is 0 Å². The lowest BCUT2D eigenvalue weighted by Gasteiger charge is -2.41. The largest absolute Gasteiger partial charge is 0.508 e. The van der Waals surface area contributed by atoms with Crippen molar-refractivity contribution in [2.24, 2.45) is 5.92 Å². The molecule has 11 heteroatoms. The van der Waals surface area contributed by atoms with E-state index < -0.39 is 5.60 Å². The average molecular weight is 614 g/mol. The predicted octanol–water partition coefficient (Wildman–Crippen LogP) is 4.57. The average Bonchev–Trinajstić information content (AvgIpc) is 3.43. The topological polar surface area (TPSA) is 98.9 Å². The van der Waals surface area contributed by atoms with Crippen LogP contribution in [0.4, 0.5) is 16.3 Å². The molecule has 0 aliphatic carbocycles. The molecule has 1 N–H and O–H groups in total. The van der Waals surface area contributed by atoms with Crippen molar-refractivity contribution in [1.82, 2.24) is 19.8 Å². The molecule has 0 spiro atoms. The summed E-state index contributed by atoms with van der Waals surface area (Å²) in [5.41, 5.74) is 2.32. The van der Waals surface area contributed by atoms with Gasteiger partial charge in [0.25, 0.3) is 0 Å². The summed E-state index contributed by atoms with van der Waals surface area (Å²) >= 11 is 0. The van der Waals surface area contributed by atoms with Gasteiger partial charge < -0.3 is 34.1 Å². The van der Waals surface area contributed by atoms with E-state index in [4.69, 9.17) is 26.0 Å². The number of amides is 1. The maximum Gasteiger partial charge on any atom is 0.410 e. The Kier molecular flexibility index (Phi) is 8.60. The number of likely N-dealkylation sites (tertiary alicyclic amines) is 1. The molecule has 0 radical (unpaired) electrons. The van der Waals surface area contributed by atoms with Crippen LogP contribution in [-0.4, -0.2) is 102 Å². The predicted molar refractivity (Wildman–Crippen MR) is 174 cm³/mol. The van der Waals surface area contributed by atoms with E-state index in [1.54, 1.807) is 11.0 Å². The Morgan fingerprint density at radius 2 is 1.91 bits per heavy atom. The molecule has 1 aromatic heterocycles. The Morgan fingerprint density at radius 1 is 1.09 bits per heavy atom. The molecule has 45 heavy (non-hydrogen) atoms. The second-order valence-electron chi connectivity index (χ2n) is 13.5. The fraction of sp³-hybridized carbons (Fsp3) is 0.529. The van der Waals surface area contributed by atoms with Crippen LogP contribution in [0, 0.1) is 12.5 Å². The van der Waals surface area contributed by atoms with Crippen LogP contribution in [0.15, 0.2) is 36.4 Å². The van der Waals surface area contributed by atoms with Crippen molar-refractivity contribution in [3.63, 3.8) is 0 Å². The van der Waals surface area contributed by atoms with Crippen LogP contribution in [0.5, 0.6) is 11.8 Å². The number of fused-ring (bicyclic) bond motifs is 2. The minimum atomic E-state index is -0.615. The number of phenolic OH excluding ortho intramolecular Hbond substituents is 1. The number of hydrogen-bond donors (Lipinski definition) is 1. The van der Waals surface area contributed by atoms with Gasteiger partial charge in [0.05, 0.1) is 18.8 Å². The van der Waals surface area contributed by atoms with Crippen LogP contribution in [0.2, 0.25) is 0 Å². The molecular formula is C34H43N7O4. The van der Waals surface area contributed by atoms with Gasteiger partial charge in [0.15, 0.2) is 0 Å². The summed E-state index contributed by atoms with van der Waals surface area (Å²) in [6, 6.07) is 11.7. The molecule has 0 saturated carbocycles. The minimum absolute atomic E-state index is 0.180. The standard InChI is InChI=1S/C34H43N7O4/c1-34(2,3)45-33(43)41-15-14-40(20-25(41)18-35-4)31-28-11-13-39(30-17-26(42)16-24-8-6-7-9-27(24)30)21-29(28)36-32(37-31)44-22-23-10-12-38(5)19-23/h6-9,16-17,23,25,42H,10-15,18-22H2,1-3,5H3/t23-,25+/m1/s1. The lowest BCUT2D eigenvalue weighted by molar-refractivity contribution is 0.0155. The summed E-state index contributed by atoms with van der Waals surface area (Å²) in [6.45, 7) is 18.7. The molecule has 3 aliphatic heterocycles. The number of aromatic hydroxyl groups is 1. The number of piperazine rings is 1. The monoisotopic (exact) mass is 613 g/mol. The number of carbonyl (C=O) groups is 1. The van der Waals surface area contributed by atoms with Crippen LogP contribution < -0.4 is 14.5 Å². The van der Waals surface area contributed by atoms with E-state index in [0.717, 1.165) is 59.6 Å². The Hall–Kier alpha value is -4.30. The zero-order valence-corrected chi connectivity index (χ0v) is 26.7. The Bertz CT molecular complexity index is 1600. The number of carbonyl (C=O) groups excluding carboxylic acids is 1. The molecule has 2 saturated heterocycles. The maximum atomic E-state index is 13.1. The molecule has 3 aromatic rings. The van der Waals surface area contributed by atoms with E-state index in [1.165, 1.54) is 0 Å². The second-order valence-corrected chi connectivity index (χ2v) is 13.5. The summed E-state index contributed by atoms with van der Waals surface area (Å²) in [5, 5.41) is 12.6. The summed E-state index contributed by atoms with van der Waals surface area (Å²) in [7, 11) is 2.13. The fourth-order valence-corrected chi connectivity index (χ4v) is 6.68. The first-order valence-corrected chi connectivity index (χ1v) is 15.8. The molecule has 3 aliphatic rings. The molecule has 4 heterocycles. The maximum absolute atomic E-state index is 13.1. The highest BCUT2D eigenvalue weighted by Crippen LogP contribution is 2.37. The van der Waals surface area contributed by atoms with E-state index >= 15 is 0 Å². The smallest absolute Gasteiger partial charge is 0.410 e. The first kappa shape index (κ1) is 30.7. The highest BCUT2D eigenvalue weighted by Gasteiger charge is 2.37. The van der Waals surface area contributed by atoms with Crippen molar-refractivity contribution in [2.75, 3.05) is 69.3 Å². The van der Waals surface area contributed by atoms with Crippen molar-refractivity contribution >= 4 is 28.4 Å². The number of benzene rings is 2. The van der Waals surface area contributed by atoms with Crippen molar-refractivity contribution in [2.45, 2.75) is 51.8 Å². The number of phenols is 1. The summed E-state index contributed by atoms with van der Waals surface area (Å²) in [4.78, 5) is 35.1. The number of hydrogen-bond acceptors (Lipinski definition) is 9. The molecule has 1 amide bonds. The third-order valence-electron chi connectivity index (χ3n) is 8.84. The third kappa shape index (κ3) is 6.86. The van der Waals surface area contributed by atoms with E-state index in [-0.39, 0.29) is 24.4 Å². The Labute approximate surface area is 265 Å². The van der Waals surface area contributed by atoms with Gasteiger partial charge in [-0.15, -0.1) is 0 Å². The second kappa shape index (κ2) is 12.6. The number of rotatable bonds is 6. The molecule has 0 unspecified atom stereocenters. The molecule has 6 rings (SSSR count). The summed E-state index contributed by atoms with van der Waals surface area (Å²) < 4.78 is 12.0. The van der Waals surface area contributed by atoms with Gasteiger partial charge in [0.2, 0.25) is 6.54 Å². The van der Waals surface area contributed by atoms with Crippen LogP contribution in [0.1, 0.15) is 38.4 Å². The number of anilines is 2. The zero-order valence-electron chi connectivity index (χ0n) is 26.7. The number of nitrogens with zero attached hydrogens (tertiary/aromatic N) is 7. The quantitative estimate of drug-likeness (QED) is 0.401. The van der Waals surface area contributed by atoms with Gasteiger partial charge in [0.1, 0.15) is 23.2 Å². The fourth-order valence-electron chi connectivity index (χ4n) is 6.68. The van der Waals surface area contributed by atoms with Gasteiger partial charge in [-0.3, -0.25) is 4.90 Å². The highest BCUT2D eigenvalue weighted by molar-refractivity contribution is 5.95. The zero-order chi connectivity index (χ0) is 31.7. The van der Waals surface area contributed by atoms with Crippen LogP contribution >= 0.6 is 0 Å². The first-order chi connectivity index (χ1) is 21.6. The molecule has 2 aromatic carbocycles. The van der Waals surface area contributed by atoms with Gasteiger partial charge >= 0.3 is 12.1 Å². The summed E-state index contributed by atoms with van der Waals surface area (Å²) in [5.74, 6) is 1.48. The van der Waals surface area contributed by atoms with Crippen molar-refractivity contribution in [3.05, 3.63) is 59.1 Å². The molecular weight excluding hydrogens is 570 g/mol. The number of aromatic nitrogens is 2. The summed E-state index contributed by atoms with van der Waals surface area (Å²) in [6.07, 6.45) is 1.40. The van der Waals surface area contributed by atoms with Crippen molar-refractivity contribution in [3.8, 4) is 11.8 Å². The van der Waals surface area contributed by atoms with E-state index in [9.17, 15) is 9.90 Å². The highest BCUT2D eigenvalue weighted by atomic mass is 16.6. The number of ether oxygens (including phenoxy) is 2. The van der Waals surface area contributed by atoms with E-state index in [1.807, 2.05) is 45.0 Å². The molecule has 2 atom stereocenters. The SMILES string of the molecule is [C-]#[N+]C[C@H]1CN(c2nc(OC[C@@H]3CCN(C)C3)nc3c2CCN(c2cc(O)cc4ccccc24)C3)CCN1C(=O)OC(C)(C)C. The lowest BCUT2D eigenvalue weighted by atomic mass is 10.0. The van der Waals surface area contributed by atoms with Gasteiger partial charge in [-0.05, 0) is 58.7 Å². The molecule has 0 bridgehead atoms. The van der Waals surface area contributed by atoms with Crippen molar-refractivity contribution < 1.29 is 19.4 Å². The molecule has 238 valence electrons.